The van der Waals surface area contributed by atoms with Gasteiger partial charge in [0.15, 0.2) is 0 Å². The molecule has 0 aliphatic heterocycles. The highest BCUT2D eigenvalue weighted by atomic mass is 16.6. The van der Waals surface area contributed by atoms with Crippen molar-refractivity contribution in [1.29, 1.82) is 0 Å². The average molecular weight is 202 g/mol. The highest BCUT2D eigenvalue weighted by molar-refractivity contribution is 5.75. The third-order valence-electron chi connectivity index (χ3n) is 1.68. The maximum absolute atomic E-state index is 11.4. The molecule has 0 aromatic rings. The smallest absolute Gasteiger partial charge is 0.323 e. The maximum Gasteiger partial charge on any atom is 0.323 e. The van der Waals surface area contributed by atoms with Gasteiger partial charge in [0.25, 0.3) is 0 Å². The van der Waals surface area contributed by atoms with Gasteiger partial charge >= 0.3 is 5.97 Å². The average Bonchev–Trinajstić information content (AvgIpc) is 2.01. The molecule has 0 rings (SSSR count). The molecule has 0 spiro atoms. The number of carbonyl (C=O) groups is 1. The minimum atomic E-state index is -0.513. The fraction of sp³-hybridized carbons (Fsp3) is 0.900. The van der Waals surface area contributed by atoms with Gasteiger partial charge in [-0.3, -0.25) is 4.79 Å². The molecular formula is C10H22N2O2. The van der Waals surface area contributed by atoms with Crippen molar-refractivity contribution in [3.05, 3.63) is 0 Å². The van der Waals surface area contributed by atoms with Gasteiger partial charge < -0.3 is 16.2 Å². The standard InChI is InChI=1S/C10H22N2O2/c1-10(2,3)14-9(13)8(12)6-4-5-7-11/h8H,4-7,11-12H2,1-3H3/t8-/m1/s1. The molecule has 0 saturated carbocycles. The Bertz CT molecular complexity index is 175. The van der Waals surface area contributed by atoms with Crippen LogP contribution in [0.2, 0.25) is 0 Å². The Morgan fingerprint density at radius 2 is 1.93 bits per heavy atom. The zero-order valence-corrected chi connectivity index (χ0v) is 9.38. The van der Waals surface area contributed by atoms with Crippen molar-refractivity contribution in [2.24, 2.45) is 11.5 Å². The monoisotopic (exact) mass is 202 g/mol. The molecule has 0 aromatic heterocycles. The van der Waals surface area contributed by atoms with E-state index in [-0.39, 0.29) is 5.97 Å². The van der Waals surface area contributed by atoms with E-state index >= 15 is 0 Å². The van der Waals surface area contributed by atoms with Gasteiger partial charge in [-0.25, -0.2) is 0 Å². The van der Waals surface area contributed by atoms with Gasteiger partial charge in [0, 0.05) is 0 Å². The van der Waals surface area contributed by atoms with Crippen molar-refractivity contribution in [2.45, 2.75) is 51.7 Å². The lowest BCUT2D eigenvalue weighted by atomic mass is 10.1. The summed E-state index contributed by atoms with van der Waals surface area (Å²) in [6, 6.07) is -0.513. The Kier molecular flexibility index (Phi) is 5.72. The molecule has 0 bridgehead atoms. The summed E-state index contributed by atoms with van der Waals surface area (Å²) in [7, 11) is 0. The Hall–Kier alpha value is -0.610. The topological polar surface area (TPSA) is 78.3 Å². The highest BCUT2D eigenvalue weighted by Crippen LogP contribution is 2.09. The second kappa shape index (κ2) is 5.98. The normalized spacial score (nSPS) is 13.8. The molecule has 0 fully saturated rings. The summed E-state index contributed by atoms with van der Waals surface area (Å²) < 4.78 is 5.13. The van der Waals surface area contributed by atoms with Crippen LogP contribution in [0, 0.1) is 0 Å². The number of rotatable bonds is 5. The van der Waals surface area contributed by atoms with Crippen LogP contribution >= 0.6 is 0 Å². The Balaban J connectivity index is 3.77. The number of ether oxygens (including phenoxy) is 1. The van der Waals surface area contributed by atoms with Gasteiger partial charge in [0.2, 0.25) is 0 Å². The summed E-state index contributed by atoms with van der Waals surface area (Å²) >= 11 is 0. The fourth-order valence-electron chi connectivity index (χ4n) is 1.00. The van der Waals surface area contributed by atoms with Crippen LogP contribution in [0.5, 0.6) is 0 Å². The quantitative estimate of drug-likeness (QED) is 0.510. The SMILES string of the molecule is CC(C)(C)OC(=O)[C@H](N)CCCCN. The third-order valence-corrected chi connectivity index (χ3v) is 1.68. The molecule has 0 saturated heterocycles. The van der Waals surface area contributed by atoms with Crippen LogP contribution in [-0.4, -0.2) is 24.2 Å². The molecule has 0 heterocycles. The predicted molar refractivity (Wildman–Crippen MR) is 56.7 cm³/mol. The molecular weight excluding hydrogens is 180 g/mol. The van der Waals surface area contributed by atoms with Crippen molar-refractivity contribution in [2.75, 3.05) is 6.54 Å². The Morgan fingerprint density at radius 3 is 2.36 bits per heavy atom. The van der Waals surface area contributed by atoms with Crippen LogP contribution in [0.25, 0.3) is 0 Å². The summed E-state index contributed by atoms with van der Waals surface area (Å²) in [6.07, 6.45) is 2.42. The lowest BCUT2D eigenvalue weighted by Crippen LogP contribution is -2.37. The van der Waals surface area contributed by atoms with Crippen LogP contribution < -0.4 is 11.5 Å². The van der Waals surface area contributed by atoms with E-state index < -0.39 is 11.6 Å². The van der Waals surface area contributed by atoms with E-state index in [9.17, 15) is 4.79 Å². The van der Waals surface area contributed by atoms with Crippen LogP contribution in [0.3, 0.4) is 0 Å². The number of hydrogen-bond donors (Lipinski definition) is 2. The molecule has 1 atom stereocenters. The van der Waals surface area contributed by atoms with Crippen LogP contribution in [-0.2, 0) is 9.53 Å². The second-order valence-corrected chi connectivity index (χ2v) is 4.42. The van der Waals surface area contributed by atoms with Gasteiger partial charge in [-0.05, 0) is 40.2 Å². The summed E-state index contributed by atoms with van der Waals surface area (Å²) in [5, 5.41) is 0. The van der Waals surface area contributed by atoms with E-state index in [4.69, 9.17) is 16.2 Å². The lowest BCUT2D eigenvalue weighted by Gasteiger charge is -2.22. The zero-order valence-electron chi connectivity index (χ0n) is 9.38. The Morgan fingerprint density at radius 1 is 1.36 bits per heavy atom. The van der Waals surface area contributed by atoms with Gasteiger partial charge in [-0.1, -0.05) is 6.42 Å². The van der Waals surface area contributed by atoms with E-state index in [1.807, 2.05) is 20.8 Å². The van der Waals surface area contributed by atoms with Crippen molar-refractivity contribution in [3.8, 4) is 0 Å². The van der Waals surface area contributed by atoms with Crippen LogP contribution in [0.1, 0.15) is 40.0 Å². The Labute approximate surface area is 86.0 Å². The number of esters is 1. The van der Waals surface area contributed by atoms with Gasteiger partial charge in [-0.15, -0.1) is 0 Å². The maximum atomic E-state index is 11.4. The number of unbranched alkanes of at least 4 members (excludes halogenated alkanes) is 1. The molecule has 0 radical (unpaired) electrons. The first kappa shape index (κ1) is 13.4. The first-order valence-electron chi connectivity index (χ1n) is 5.05. The summed E-state index contributed by atoms with van der Waals surface area (Å²) in [4.78, 5) is 11.4. The van der Waals surface area contributed by atoms with E-state index in [1.54, 1.807) is 0 Å². The van der Waals surface area contributed by atoms with E-state index in [0.717, 1.165) is 12.8 Å². The molecule has 14 heavy (non-hydrogen) atoms. The highest BCUT2D eigenvalue weighted by Gasteiger charge is 2.21. The predicted octanol–water partition coefficient (Wildman–Crippen LogP) is 0.784. The molecule has 4 heteroatoms. The molecule has 0 amide bonds. The van der Waals surface area contributed by atoms with Crippen molar-refractivity contribution < 1.29 is 9.53 Å². The first-order valence-corrected chi connectivity index (χ1v) is 5.05. The van der Waals surface area contributed by atoms with E-state index in [2.05, 4.69) is 0 Å². The number of nitrogens with two attached hydrogens (primary N) is 2. The van der Waals surface area contributed by atoms with Crippen molar-refractivity contribution in [1.82, 2.24) is 0 Å². The molecule has 0 aromatic carbocycles. The fourth-order valence-corrected chi connectivity index (χ4v) is 1.00. The molecule has 4 N–H and O–H groups in total. The second-order valence-electron chi connectivity index (χ2n) is 4.42. The molecule has 0 unspecified atom stereocenters. The first-order chi connectivity index (χ1) is 6.37. The van der Waals surface area contributed by atoms with E-state index in [0.29, 0.717) is 13.0 Å². The molecule has 4 nitrogen and oxygen atoms in total. The minimum absolute atomic E-state index is 0.325. The van der Waals surface area contributed by atoms with Gasteiger partial charge in [0.1, 0.15) is 11.6 Å². The summed E-state index contributed by atoms with van der Waals surface area (Å²) in [5.74, 6) is -0.325. The van der Waals surface area contributed by atoms with Crippen molar-refractivity contribution >= 4 is 5.97 Å². The zero-order chi connectivity index (χ0) is 11.2. The number of hydrogen-bond acceptors (Lipinski definition) is 4. The largest absolute Gasteiger partial charge is 0.459 e. The lowest BCUT2D eigenvalue weighted by molar-refractivity contribution is -0.156. The summed E-state index contributed by atoms with van der Waals surface area (Å²) in [6.45, 7) is 6.13. The van der Waals surface area contributed by atoms with Crippen LogP contribution in [0.4, 0.5) is 0 Å². The third kappa shape index (κ3) is 6.86. The molecule has 0 aliphatic carbocycles. The van der Waals surface area contributed by atoms with Gasteiger partial charge in [-0.2, -0.15) is 0 Å². The van der Waals surface area contributed by atoms with E-state index in [1.165, 1.54) is 0 Å². The molecule has 0 aliphatic rings. The number of carbonyl (C=O) groups excluding carboxylic acids is 1. The summed E-state index contributed by atoms with van der Waals surface area (Å²) in [5.41, 5.74) is 10.5. The van der Waals surface area contributed by atoms with Gasteiger partial charge in [0.05, 0.1) is 0 Å². The minimum Gasteiger partial charge on any atom is -0.459 e. The molecule has 84 valence electrons. The van der Waals surface area contributed by atoms with Crippen LogP contribution in [0.15, 0.2) is 0 Å². The van der Waals surface area contributed by atoms with Crippen molar-refractivity contribution in [3.63, 3.8) is 0 Å².